The summed E-state index contributed by atoms with van der Waals surface area (Å²) in [5.74, 6) is 1.15. The maximum absolute atomic E-state index is 12.2. The molecule has 0 aliphatic heterocycles. The molecule has 1 amide bonds. The quantitative estimate of drug-likeness (QED) is 0.722. The smallest absolute Gasteiger partial charge is 0.251 e. The van der Waals surface area contributed by atoms with E-state index >= 15 is 0 Å². The van der Waals surface area contributed by atoms with Crippen molar-refractivity contribution in [3.05, 3.63) is 23.8 Å². The van der Waals surface area contributed by atoms with Crippen LogP contribution in [0.2, 0.25) is 0 Å². The third-order valence-corrected chi connectivity index (χ3v) is 2.92. The molecule has 0 aliphatic carbocycles. The summed E-state index contributed by atoms with van der Waals surface area (Å²) in [7, 11) is 1.61. The lowest BCUT2D eigenvalue weighted by molar-refractivity contribution is 0.0905. The lowest BCUT2D eigenvalue weighted by atomic mass is 10.1. The fraction of sp³-hybridized carbons (Fsp3) is 0.588. The second-order valence-electron chi connectivity index (χ2n) is 5.19. The Morgan fingerprint density at radius 1 is 1.14 bits per heavy atom. The van der Waals surface area contributed by atoms with Crippen LogP contribution in [0.15, 0.2) is 18.2 Å². The van der Waals surface area contributed by atoms with Crippen molar-refractivity contribution in [2.24, 2.45) is 0 Å². The number of nitrogens with one attached hydrogen (secondary N) is 1. The van der Waals surface area contributed by atoms with E-state index in [0.29, 0.717) is 36.9 Å². The Labute approximate surface area is 132 Å². The van der Waals surface area contributed by atoms with Crippen molar-refractivity contribution in [3.63, 3.8) is 0 Å². The van der Waals surface area contributed by atoms with Crippen molar-refractivity contribution in [2.45, 2.75) is 39.7 Å². The first-order valence-corrected chi connectivity index (χ1v) is 7.81. The molecule has 0 saturated carbocycles. The molecule has 1 rings (SSSR count). The third kappa shape index (κ3) is 5.93. The van der Waals surface area contributed by atoms with Crippen LogP contribution in [0.4, 0.5) is 0 Å². The molecule has 22 heavy (non-hydrogen) atoms. The monoisotopic (exact) mass is 309 g/mol. The topological polar surface area (TPSA) is 56.8 Å². The van der Waals surface area contributed by atoms with Gasteiger partial charge in [0.1, 0.15) is 0 Å². The molecule has 1 aromatic rings. The van der Waals surface area contributed by atoms with E-state index in [9.17, 15) is 4.79 Å². The van der Waals surface area contributed by atoms with Gasteiger partial charge < -0.3 is 19.5 Å². The largest absolute Gasteiger partial charge is 0.490 e. The summed E-state index contributed by atoms with van der Waals surface area (Å²) in [5.41, 5.74) is 0.554. The Balaban J connectivity index is 2.84. The zero-order chi connectivity index (χ0) is 16.4. The van der Waals surface area contributed by atoms with Crippen LogP contribution in [-0.4, -0.2) is 38.9 Å². The minimum Gasteiger partial charge on any atom is -0.490 e. The molecule has 0 heterocycles. The Kier molecular flexibility index (Phi) is 8.36. The number of carbonyl (C=O) groups is 1. The fourth-order valence-electron chi connectivity index (χ4n) is 1.90. The summed E-state index contributed by atoms with van der Waals surface area (Å²) < 4.78 is 16.4. The van der Waals surface area contributed by atoms with Gasteiger partial charge in [-0.25, -0.2) is 0 Å². The molecule has 0 aliphatic rings. The molecular formula is C17H27NO4. The molecule has 1 unspecified atom stereocenters. The van der Waals surface area contributed by atoms with E-state index in [0.717, 1.165) is 12.8 Å². The van der Waals surface area contributed by atoms with Crippen LogP contribution >= 0.6 is 0 Å². The first-order chi connectivity index (χ1) is 10.6. The third-order valence-electron chi connectivity index (χ3n) is 2.92. The normalized spacial score (nSPS) is 11.8. The van der Waals surface area contributed by atoms with Gasteiger partial charge >= 0.3 is 0 Å². The molecule has 0 fully saturated rings. The van der Waals surface area contributed by atoms with E-state index in [-0.39, 0.29) is 11.9 Å². The van der Waals surface area contributed by atoms with Crippen LogP contribution in [0.25, 0.3) is 0 Å². The molecular weight excluding hydrogens is 282 g/mol. The average Bonchev–Trinajstić information content (AvgIpc) is 2.51. The highest BCUT2D eigenvalue weighted by molar-refractivity contribution is 5.95. The molecule has 0 aromatic heterocycles. The predicted molar refractivity (Wildman–Crippen MR) is 86.8 cm³/mol. The fourth-order valence-corrected chi connectivity index (χ4v) is 1.90. The SMILES string of the molecule is CCCOc1ccc(C(=O)NC(C)COC)cc1OCCC. The van der Waals surface area contributed by atoms with Crippen molar-refractivity contribution in [2.75, 3.05) is 26.9 Å². The minimum absolute atomic E-state index is 0.0477. The lowest BCUT2D eigenvalue weighted by Gasteiger charge is -2.15. The number of benzene rings is 1. The summed E-state index contributed by atoms with van der Waals surface area (Å²) in [6.07, 6.45) is 1.82. The van der Waals surface area contributed by atoms with E-state index in [1.807, 2.05) is 20.8 Å². The number of hydrogen-bond donors (Lipinski definition) is 1. The number of carbonyl (C=O) groups excluding carboxylic acids is 1. The second-order valence-corrected chi connectivity index (χ2v) is 5.19. The predicted octanol–water partition coefficient (Wildman–Crippen LogP) is 3.03. The zero-order valence-corrected chi connectivity index (χ0v) is 14.0. The molecule has 1 N–H and O–H groups in total. The van der Waals surface area contributed by atoms with Gasteiger partial charge in [0.25, 0.3) is 5.91 Å². The molecule has 0 bridgehead atoms. The van der Waals surface area contributed by atoms with E-state index in [2.05, 4.69) is 5.32 Å². The average molecular weight is 309 g/mol. The van der Waals surface area contributed by atoms with Gasteiger partial charge in [-0.2, -0.15) is 0 Å². The molecule has 5 nitrogen and oxygen atoms in total. The van der Waals surface area contributed by atoms with Gasteiger partial charge in [-0.1, -0.05) is 13.8 Å². The van der Waals surface area contributed by atoms with Crippen molar-refractivity contribution >= 4 is 5.91 Å². The molecule has 5 heteroatoms. The summed E-state index contributed by atoms with van der Waals surface area (Å²) in [6.45, 7) is 7.67. The zero-order valence-electron chi connectivity index (χ0n) is 14.0. The molecule has 0 spiro atoms. The van der Waals surface area contributed by atoms with Crippen molar-refractivity contribution in [1.29, 1.82) is 0 Å². The Morgan fingerprint density at radius 2 is 1.77 bits per heavy atom. The highest BCUT2D eigenvalue weighted by Gasteiger charge is 2.13. The Hall–Kier alpha value is -1.75. The van der Waals surface area contributed by atoms with Gasteiger partial charge in [0.15, 0.2) is 11.5 Å². The van der Waals surface area contributed by atoms with E-state index < -0.39 is 0 Å². The van der Waals surface area contributed by atoms with E-state index in [4.69, 9.17) is 14.2 Å². The molecule has 124 valence electrons. The summed E-state index contributed by atoms with van der Waals surface area (Å²) in [5, 5.41) is 2.88. The first-order valence-electron chi connectivity index (χ1n) is 7.81. The maximum Gasteiger partial charge on any atom is 0.251 e. The van der Waals surface area contributed by atoms with Gasteiger partial charge in [0.05, 0.1) is 19.8 Å². The molecule has 1 aromatic carbocycles. The second kappa shape index (κ2) is 10.1. The number of hydrogen-bond acceptors (Lipinski definition) is 4. The van der Waals surface area contributed by atoms with Crippen LogP contribution in [0.1, 0.15) is 44.0 Å². The van der Waals surface area contributed by atoms with Crippen LogP contribution < -0.4 is 14.8 Å². The van der Waals surface area contributed by atoms with Crippen LogP contribution in [-0.2, 0) is 4.74 Å². The standard InChI is InChI=1S/C17H27NO4/c1-5-9-21-15-8-7-14(11-16(15)22-10-6-2)17(19)18-13(3)12-20-4/h7-8,11,13H,5-6,9-10,12H2,1-4H3,(H,18,19). The van der Waals surface area contributed by atoms with Gasteiger partial charge in [-0.3, -0.25) is 4.79 Å². The number of ether oxygens (including phenoxy) is 3. The number of amides is 1. The summed E-state index contributed by atoms with van der Waals surface area (Å²) in [6, 6.07) is 5.22. The molecule has 0 saturated heterocycles. The van der Waals surface area contributed by atoms with Gasteiger partial charge in [-0.15, -0.1) is 0 Å². The number of methoxy groups -OCH3 is 1. The van der Waals surface area contributed by atoms with Gasteiger partial charge in [-0.05, 0) is 38.0 Å². The van der Waals surface area contributed by atoms with E-state index in [1.54, 1.807) is 25.3 Å². The van der Waals surface area contributed by atoms with E-state index in [1.165, 1.54) is 0 Å². The highest BCUT2D eigenvalue weighted by Crippen LogP contribution is 2.29. The highest BCUT2D eigenvalue weighted by atomic mass is 16.5. The van der Waals surface area contributed by atoms with Gasteiger partial charge in [0, 0.05) is 18.7 Å². The number of rotatable bonds is 10. The minimum atomic E-state index is -0.145. The van der Waals surface area contributed by atoms with Crippen molar-refractivity contribution in [3.8, 4) is 11.5 Å². The maximum atomic E-state index is 12.2. The lowest BCUT2D eigenvalue weighted by Crippen LogP contribution is -2.35. The van der Waals surface area contributed by atoms with Crippen molar-refractivity contribution in [1.82, 2.24) is 5.32 Å². The Morgan fingerprint density at radius 3 is 2.36 bits per heavy atom. The summed E-state index contributed by atoms with van der Waals surface area (Å²) in [4.78, 5) is 12.2. The van der Waals surface area contributed by atoms with Crippen LogP contribution in [0.5, 0.6) is 11.5 Å². The van der Waals surface area contributed by atoms with Gasteiger partial charge in [0.2, 0.25) is 0 Å². The van der Waals surface area contributed by atoms with Crippen LogP contribution in [0, 0.1) is 0 Å². The molecule has 1 atom stereocenters. The summed E-state index contributed by atoms with van der Waals surface area (Å²) >= 11 is 0. The first kappa shape index (κ1) is 18.3. The Bertz CT molecular complexity index is 462. The molecule has 0 radical (unpaired) electrons. The van der Waals surface area contributed by atoms with Crippen molar-refractivity contribution < 1.29 is 19.0 Å². The van der Waals surface area contributed by atoms with Crippen LogP contribution in [0.3, 0.4) is 0 Å².